The van der Waals surface area contributed by atoms with Gasteiger partial charge in [0.05, 0.1) is 42.0 Å². The van der Waals surface area contributed by atoms with E-state index in [1.165, 1.54) is 56.6 Å². The summed E-state index contributed by atoms with van der Waals surface area (Å²) in [5, 5.41) is 3.78. The fourth-order valence-electron chi connectivity index (χ4n) is 5.31. The summed E-state index contributed by atoms with van der Waals surface area (Å²) in [5.74, 6) is -0.483. The van der Waals surface area contributed by atoms with Crippen molar-refractivity contribution in [1.82, 2.24) is 10.2 Å². The molecule has 14 heteroatoms. The van der Waals surface area contributed by atoms with E-state index in [2.05, 4.69) is 5.32 Å². The molecule has 0 heterocycles. The molecule has 4 aromatic carbocycles. The topological polar surface area (TPSA) is 114 Å². The maximum absolute atomic E-state index is 14.8. The van der Waals surface area contributed by atoms with Gasteiger partial charge in [-0.15, -0.1) is 0 Å². The third-order valence-electron chi connectivity index (χ3n) is 8.24. The van der Waals surface area contributed by atoms with E-state index in [9.17, 15) is 18.0 Å². The van der Waals surface area contributed by atoms with E-state index in [4.69, 9.17) is 49.0 Å². The molecule has 0 aromatic heterocycles. The van der Waals surface area contributed by atoms with Crippen LogP contribution in [0.25, 0.3) is 0 Å². The molecule has 2 amide bonds. The Hall–Kier alpha value is -4.16. The third kappa shape index (κ3) is 9.79. The van der Waals surface area contributed by atoms with Gasteiger partial charge in [-0.25, -0.2) is 8.42 Å². The Morgan fingerprint density at radius 3 is 2.08 bits per heavy atom. The number of carbonyl (C=O) groups is 2. The molecule has 0 unspecified atom stereocenters. The highest BCUT2D eigenvalue weighted by atomic mass is 35.5. The van der Waals surface area contributed by atoms with Gasteiger partial charge in [0.2, 0.25) is 11.8 Å². The van der Waals surface area contributed by atoms with Crippen molar-refractivity contribution in [2.24, 2.45) is 0 Å². The number of amides is 2. The number of anilines is 1. The molecular formula is C37H40Cl3N3O7S. The number of halogens is 3. The molecule has 0 aliphatic rings. The Morgan fingerprint density at radius 1 is 0.784 bits per heavy atom. The average Bonchev–Trinajstić information content (AvgIpc) is 3.13. The van der Waals surface area contributed by atoms with Crippen LogP contribution in [0, 0.1) is 0 Å². The van der Waals surface area contributed by atoms with Gasteiger partial charge in [0.25, 0.3) is 10.0 Å². The van der Waals surface area contributed by atoms with E-state index < -0.39 is 34.4 Å². The molecule has 1 N–H and O–H groups in total. The van der Waals surface area contributed by atoms with Crippen LogP contribution in [-0.4, -0.2) is 65.1 Å². The lowest BCUT2D eigenvalue weighted by Crippen LogP contribution is -2.54. The van der Waals surface area contributed by atoms with Gasteiger partial charge in [-0.1, -0.05) is 78.1 Å². The molecule has 4 rings (SSSR count). The van der Waals surface area contributed by atoms with E-state index in [1.807, 2.05) is 44.2 Å². The number of benzene rings is 4. The number of methoxy groups -OCH3 is 3. The number of nitrogens with zero attached hydrogens (tertiary/aromatic N) is 2. The summed E-state index contributed by atoms with van der Waals surface area (Å²) in [6.45, 7) is 2.96. The molecular weight excluding hydrogens is 737 g/mol. The van der Waals surface area contributed by atoms with Gasteiger partial charge in [-0.2, -0.15) is 0 Å². The molecule has 0 fully saturated rings. The minimum absolute atomic E-state index is 0.00582. The normalized spacial score (nSPS) is 12.4. The quantitative estimate of drug-likeness (QED) is 0.126. The highest BCUT2D eigenvalue weighted by Gasteiger charge is 2.36. The van der Waals surface area contributed by atoms with Gasteiger partial charge < -0.3 is 24.4 Å². The Morgan fingerprint density at radius 2 is 1.45 bits per heavy atom. The van der Waals surface area contributed by atoms with Crippen LogP contribution in [0.5, 0.6) is 17.2 Å². The minimum Gasteiger partial charge on any atom is -0.495 e. The number of carbonyl (C=O) groups excluding carboxylic acids is 2. The Kier molecular flexibility index (Phi) is 13.9. The molecule has 0 spiro atoms. The predicted molar refractivity (Wildman–Crippen MR) is 201 cm³/mol. The maximum atomic E-state index is 14.8. The number of ether oxygens (including phenoxy) is 3. The summed E-state index contributed by atoms with van der Waals surface area (Å²) < 4.78 is 46.4. The van der Waals surface area contributed by atoms with E-state index in [0.29, 0.717) is 22.8 Å². The van der Waals surface area contributed by atoms with Gasteiger partial charge in [-0.05, 0) is 66.9 Å². The number of sulfonamides is 1. The highest BCUT2D eigenvalue weighted by Crippen LogP contribution is 2.37. The van der Waals surface area contributed by atoms with Crippen LogP contribution in [-0.2, 0) is 32.6 Å². The predicted octanol–water partition coefficient (Wildman–Crippen LogP) is 7.42. The van der Waals surface area contributed by atoms with Crippen LogP contribution < -0.4 is 23.8 Å². The summed E-state index contributed by atoms with van der Waals surface area (Å²) in [7, 11) is -0.341. The highest BCUT2D eigenvalue weighted by molar-refractivity contribution is 7.92. The zero-order chi connectivity index (χ0) is 37.3. The third-order valence-corrected chi connectivity index (χ3v) is 11.0. The molecule has 10 nitrogen and oxygen atoms in total. The van der Waals surface area contributed by atoms with Crippen molar-refractivity contribution in [1.29, 1.82) is 0 Å². The molecule has 0 radical (unpaired) electrons. The van der Waals surface area contributed by atoms with Crippen molar-refractivity contribution in [3.8, 4) is 17.2 Å². The van der Waals surface area contributed by atoms with Crippen molar-refractivity contribution in [2.75, 3.05) is 32.2 Å². The first-order valence-electron chi connectivity index (χ1n) is 16.0. The van der Waals surface area contributed by atoms with E-state index in [1.54, 1.807) is 24.3 Å². The minimum atomic E-state index is -4.53. The second-order valence-electron chi connectivity index (χ2n) is 11.6. The van der Waals surface area contributed by atoms with E-state index >= 15 is 0 Å². The number of nitrogens with one attached hydrogen (secondary N) is 1. The summed E-state index contributed by atoms with van der Waals surface area (Å²) >= 11 is 19.0. The largest absolute Gasteiger partial charge is 0.495 e. The van der Waals surface area contributed by atoms with Gasteiger partial charge in [0.15, 0.2) is 11.5 Å². The van der Waals surface area contributed by atoms with Crippen LogP contribution in [0.4, 0.5) is 5.69 Å². The average molecular weight is 777 g/mol. The first kappa shape index (κ1) is 39.6. The number of rotatable bonds is 16. The van der Waals surface area contributed by atoms with Crippen LogP contribution in [0.2, 0.25) is 15.1 Å². The van der Waals surface area contributed by atoms with Crippen molar-refractivity contribution >= 4 is 62.3 Å². The first-order valence-corrected chi connectivity index (χ1v) is 18.6. The van der Waals surface area contributed by atoms with Crippen LogP contribution in [0.1, 0.15) is 31.4 Å². The van der Waals surface area contributed by atoms with Crippen molar-refractivity contribution in [3.63, 3.8) is 0 Å². The Bertz CT molecular complexity index is 1950. The maximum Gasteiger partial charge on any atom is 0.265 e. The lowest BCUT2D eigenvalue weighted by Gasteiger charge is -2.34. The molecule has 272 valence electrons. The van der Waals surface area contributed by atoms with Gasteiger partial charge in [-0.3, -0.25) is 13.9 Å². The standard InChI is InChI=1S/C37H40Cl3N3O7S/c1-6-24(2)41-37(45)32(19-25-10-8-7-9-11-25)42(22-26-12-15-29(39)30(40)18-26)36(44)23-43(31-20-27(38)13-16-33(31)48-3)51(46,47)28-14-17-34(49-4)35(21-28)50-5/h7-18,20-21,24,32H,6,19,22-23H2,1-5H3,(H,41,45)/t24-,32+/m1/s1. The molecule has 0 aliphatic carbocycles. The molecule has 0 saturated heterocycles. The summed E-state index contributed by atoms with van der Waals surface area (Å²) in [4.78, 5) is 30.1. The van der Waals surface area contributed by atoms with E-state index in [0.717, 1.165) is 9.87 Å². The molecule has 2 atom stereocenters. The molecule has 0 bridgehead atoms. The Labute approximate surface area is 314 Å². The van der Waals surface area contributed by atoms with Crippen LogP contribution in [0.3, 0.4) is 0 Å². The van der Waals surface area contributed by atoms with Crippen molar-refractivity contribution in [2.45, 2.75) is 50.2 Å². The van der Waals surface area contributed by atoms with E-state index in [-0.39, 0.29) is 51.1 Å². The zero-order valence-corrected chi connectivity index (χ0v) is 31.9. The summed E-state index contributed by atoms with van der Waals surface area (Å²) in [5.41, 5.74) is 1.37. The fourth-order valence-corrected chi connectivity index (χ4v) is 7.22. The zero-order valence-electron chi connectivity index (χ0n) is 28.9. The van der Waals surface area contributed by atoms with Gasteiger partial charge >= 0.3 is 0 Å². The van der Waals surface area contributed by atoms with Crippen LogP contribution in [0.15, 0.2) is 89.8 Å². The second-order valence-corrected chi connectivity index (χ2v) is 14.8. The van der Waals surface area contributed by atoms with Crippen molar-refractivity contribution in [3.05, 3.63) is 111 Å². The number of hydrogen-bond donors (Lipinski definition) is 1. The fraction of sp³-hybridized carbons (Fsp3) is 0.297. The molecule has 4 aromatic rings. The Balaban J connectivity index is 1.90. The van der Waals surface area contributed by atoms with Crippen LogP contribution >= 0.6 is 34.8 Å². The second kappa shape index (κ2) is 17.9. The lowest BCUT2D eigenvalue weighted by molar-refractivity contribution is -0.140. The molecule has 0 aliphatic heterocycles. The van der Waals surface area contributed by atoms with Crippen molar-refractivity contribution < 1.29 is 32.2 Å². The first-order chi connectivity index (χ1) is 24.3. The lowest BCUT2D eigenvalue weighted by atomic mass is 10.0. The smallest absolute Gasteiger partial charge is 0.265 e. The molecule has 0 saturated carbocycles. The summed E-state index contributed by atoms with van der Waals surface area (Å²) in [6.07, 6.45) is 0.787. The monoisotopic (exact) mass is 775 g/mol. The number of hydrogen-bond acceptors (Lipinski definition) is 7. The van der Waals surface area contributed by atoms with Gasteiger partial charge in [0, 0.05) is 30.1 Å². The SMILES string of the molecule is CC[C@@H](C)NC(=O)[C@H](Cc1ccccc1)N(Cc1ccc(Cl)c(Cl)c1)C(=O)CN(c1cc(Cl)ccc1OC)S(=O)(=O)c1ccc(OC)c(OC)c1. The summed E-state index contributed by atoms with van der Waals surface area (Å²) in [6, 6.07) is 21.4. The van der Waals surface area contributed by atoms with Gasteiger partial charge in [0.1, 0.15) is 18.3 Å². The molecule has 51 heavy (non-hydrogen) atoms.